The minimum Gasteiger partial charge on any atom is -0.368 e. The number of rotatable bonds is 4. The van der Waals surface area contributed by atoms with Crippen LogP contribution in [0.25, 0.3) is 0 Å². The molecule has 0 aliphatic carbocycles. The molecule has 5 heteroatoms. The number of carbonyl (C=O) groups is 1. The average Bonchev–Trinajstić information content (AvgIpc) is 2.84. The summed E-state index contributed by atoms with van der Waals surface area (Å²) in [4.78, 5) is 11.6. The van der Waals surface area contributed by atoms with Gasteiger partial charge in [-0.25, -0.2) is 0 Å². The fourth-order valence-corrected chi connectivity index (χ4v) is 2.47. The van der Waals surface area contributed by atoms with Gasteiger partial charge in [0.25, 0.3) is 0 Å². The van der Waals surface area contributed by atoms with Crippen molar-refractivity contribution in [1.29, 1.82) is 0 Å². The fraction of sp³-hybridized carbons (Fsp3) is 0.917. The van der Waals surface area contributed by atoms with Crippen molar-refractivity contribution in [3.8, 4) is 0 Å². The second kappa shape index (κ2) is 7.90. The normalized spacial score (nSPS) is 28.5. The van der Waals surface area contributed by atoms with Crippen LogP contribution < -0.4 is 10.6 Å². The number of amides is 1. The van der Waals surface area contributed by atoms with Crippen LogP contribution in [0.1, 0.15) is 32.1 Å². The molecule has 2 atom stereocenters. The monoisotopic (exact) mass is 262 g/mol. The zero-order valence-corrected chi connectivity index (χ0v) is 11.1. The molecule has 2 unspecified atom stereocenters. The van der Waals surface area contributed by atoms with E-state index in [0.717, 1.165) is 51.4 Å². The Morgan fingerprint density at radius 2 is 2.24 bits per heavy atom. The van der Waals surface area contributed by atoms with Crippen LogP contribution in [-0.2, 0) is 9.53 Å². The van der Waals surface area contributed by atoms with Crippen LogP contribution in [0.4, 0.5) is 0 Å². The smallest absolute Gasteiger partial charge is 0.249 e. The summed E-state index contributed by atoms with van der Waals surface area (Å²) in [5, 5.41) is 6.37. The summed E-state index contributed by atoms with van der Waals surface area (Å²) in [6.07, 6.45) is 5.38. The minimum atomic E-state index is -0.176. The summed E-state index contributed by atoms with van der Waals surface area (Å²) in [5.41, 5.74) is 0. The number of nitrogens with one attached hydrogen (secondary N) is 2. The van der Waals surface area contributed by atoms with Crippen LogP contribution in [0.5, 0.6) is 0 Å². The Bertz CT molecular complexity index is 227. The molecule has 0 aromatic heterocycles. The lowest BCUT2D eigenvalue weighted by Crippen LogP contribution is -2.37. The first-order valence-electron chi connectivity index (χ1n) is 6.46. The Labute approximate surface area is 109 Å². The average molecular weight is 263 g/mol. The van der Waals surface area contributed by atoms with Crippen LogP contribution >= 0.6 is 12.4 Å². The molecule has 2 rings (SSSR count). The Morgan fingerprint density at radius 3 is 2.88 bits per heavy atom. The Morgan fingerprint density at radius 1 is 1.35 bits per heavy atom. The highest BCUT2D eigenvalue weighted by Crippen LogP contribution is 2.14. The van der Waals surface area contributed by atoms with Crippen molar-refractivity contribution in [2.45, 2.75) is 38.2 Å². The van der Waals surface area contributed by atoms with Crippen molar-refractivity contribution in [3.05, 3.63) is 0 Å². The SMILES string of the molecule is Cl.O=C(NCCC1CCCNC1)C1CCCO1. The van der Waals surface area contributed by atoms with Crippen molar-refractivity contribution in [2.24, 2.45) is 5.92 Å². The van der Waals surface area contributed by atoms with Gasteiger partial charge >= 0.3 is 0 Å². The Kier molecular flexibility index (Phi) is 6.85. The number of carbonyl (C=O) groups excluding carboxylic acids is 1. The van der Waals surface area contributed by atoms with Crippen LogP contribution in [0.3, 0.4) is 0 Å². The highest BCUT2D eigenvalue weighted by Gasteiger charge is 2.23. The van der Waals surface area contributed by atoms with Crippen molar-refractivity contribution >= 4 is 18.3 Å². The lowest BCUT2D eigenvalue weighted by molar-refractivity contribution is -0.130. The minimum absolute atomic E-state index is 0. The van der Waals surface area contributed by atoms with Gasteiger partial charge in [0.05, 0.1) is 0 Å². The third kappa shape index (κ3) is 4.82. The van der Waals surface area contributed by atoms with Crippen molar-refractivity contribution in [2.75, 3.05) is 26.2 Å². The number of hydrogen-bond donors (Lipinski definition) is 2. The summed E-state index contributed by atoms with van der Waals surface area (Å²) < 4.78 is 5.33. The Hall–Kier alpha value is -0.320. The quantitative estimate of drug-likeness (QED) is 0.798. The molecule has 4 nitrogen and oxygen atoms in total. The topological polar surface area (TPSA) is 50.4 Å². The highest BCUT2D eigenvalue weighted by atomic mass is 35.5. The maximum absolute atomic E-state index is 11.6. The first-order chi connectivity index (χ1) is 7.86. The third-order valence-corrected chi connectivity index (χ3v) is 3.47. The molecule has 1 amide bonds. The van der Waals surface area contributed by atoms with Gasteiger partial charge in [-0.15, -0.1) is 12.4 Å². The molecule has 17 heavy (non-hydrogen) atoms. The predicted octanol–water partition coefficient (Wildman–Crippen LogP) is 1.09. The second-order valence-corrected chi connectivity index (χ2v) is 4.79. The fourth-order valence-electron chi connectivity index (χ4n) is 2.47. The van der Waals surface area contributed by atoms with E-state index in [1.807, 2.05) is 0 Å². The molecule has 0 aromatic carbocycles. The highest BCUT2D eigenvalue weighted by molar-refractivity contribution is 5.85. The maximum Gasteiger partial charge on any atom is 0.249 e. The summed E-state index contributed by atoms with van der Waals surface area (Å²) in [6.45, 7) is 3.80. The van der Waals surface area contributed by atoms with Gasteiger partial charge in [-0.05, 0) is 51.1 Å². The molecular weight excluding hydrogens is 240 g/mol. The number of hydrogen-bond acceptors (Lipinski definition) is 3. The van der Waals surface area contributed by atoms with Crippen LogP contribution in [-0.4, -0.2) is 38.3 Å². The number of ether oxygens (including phenoxy) is 1. The van der Waals surface area contributed by atoms with Gasteiger partial charge in [0, 0.05) is 13.2 Å². The second-order valence-electron chi connectivity index (χ2n) is 4.79. The number of halogens is 1. The molecule has 0 saturated carbocycles. The van der Waals surface area contributed by atoms with Crippen LogP contribution in [0.2, 0.25) is 0 Å². The zero-order chi connectivity index (χ0) is 11.2. The van der Waals surface area contributed by atoms with Gasteiger partial charge in [-0.2, -0.15) is 0 Å². The third-order valence-electron chi connectivity index (χ3n) is 3.47. The molecular formula is C12H23ClN2O2. The molecule has 0 radical (unpaired) electrons. The van der Waals surface area contributed by atoms with Gasteiger partial charge in [-0.3, -0.25) is 4.79 Å². The molecule has 2 aliphatic heterocycles. The van der Waals surface area contributed by atoms with Crippen molar-refractivity contribution in [1.82, 2.24) is 10.6 Å². The predicted molar refractivity (Wildman–Crippen MR) is 69.4 cm³/mol. The molecule has 2 fully saturated rings. The molecule has 2 saturated heterocycles. The molecule has 0 spiro atoms. The lowest BCUT2D eigenvalue weighted by Gasteiger charge is -2.22. The van der Waals surface area contributed by atoms with Gasteiger partial charge < -0.3 is 15.4 Å². The molecule has 100 valence electrons. The van der Waals surface area contributed by atoms with E-state index in [1.165, 1.54) is 12.8 Å². The largest absolute Gasteiger partial charge is 0.368 e. The van der Waals surface area contributed by atoms with Gasteiger partial charge in [-0.1, -0.05) is 0 Å². The van der Waals surface area contributed by atoms with E-state index >= 15 is 0 Å². The van der Waals surface area contributed by atoms with Gasteiger partial charge in [0.2, 0.25) is 5.91 Å². The zero-order valence-electron chi connectivity index (χ0n) is 10.2. The molecule has 0 aromatic rings. The van der Waals surface area contributed by atoms with E-state index < -0.39 is 0 Å². The maximum atomic E-state index is 11.6. The van der Waals surface area contributed by atoms with E-state index in [0.29, 0.717) is 0 Å². The van der Waals surface area contributed by atoms with Crippen LogP contribution in [0, 0.1) is 5.92 Å². The van der Waals surface area contributed by atoms with Crippen molar-refractivity contribution < 1.29 is 9.53 Å². The summed E-state index contributed by atoms with van der Waals surface area (Å²) >= 11 is 0. The van der Waals surface area contributed by atoms with Gasteiger partial charge in [0.15, 0.2) is 0 Å². The first-order valence-corrected chi connectivity index (χ1v) is 6.46. The van der Waals surface area contributed by atoms with E-state index in [-0.39, 0.29) is 24.4 Å². The van der Waals surface area contributed by atoms with Crippen LogP contribution in [0.15, 0.2) is 0 Å². The summed E-state index contributed by atoms with van der Waals surface area (Å²) in [5.74, 6) is 0.819. The molecule has 2 heterocycles. The number of piperidine rings is 1. The van der Waals surface area contributed by atoms with E-state index in [2.05, 4.69) is 10.6 Å². The van der Waals surface area contributed by atoms with Crippen molar-refractivity contribution in [3.63, 3.8) is 0 Å². The summed E-state index contributed by atoms with van der Waals surface area (Å²) in [6, 6.07) is 0. The molecule has 2 N–H and O–H groups in total. The summed E-state index contributed by atoms with van der Waals surface area (Å²) in [7, 11) is 0. The lowest BCUT2D eigenvalue weighted by atomic mass is 9.96. The Balaban J connectivity index is 0.00000144. The van der Waals surface area contributed by atoms with E-state index in [4.69, 9.17) is 4.74 Å². The van der Waals surface area contributed by atoms with Gasteiger partial charge in [0.1, 0.15) is 6.10 Å². The standard InChI is InChI=1S/C12H22N2O2.ClH/c15-12(11-4-2-8-16-11)14-7-5-10-3-1-6-13-9-10;/h10-11,13H,1-9H2,(H,14,15);1H. The first kappa shape index (κ1) is 14.7. The molecule has 2 aliphatic rings. The van der Waals surface area contributed by atoms with E-state index in [1.54, 1.807) is 0 Å². The molecule has 0 bridgehead atoms. The van der Waals surface area contributed by atoms with E-state index in [9.17, 15) is 4.79 Å².